The lowest BCUT2D eigenvalue weighted by Gasteiger charge is -1.98. The largest absolute Gasteiger partial charge is 0.396 e. The molecule has 6 heteroatoms. The zero-order valence-corrected chi connectivity index (χ0v) is 8.08. The van der Waals surface area contributed by atoms with Crippen molar-refractivity contribution in [2.45, 2.75) is 26.2 Å². The second-order valence-electron chi connectivity index (χ2n) is 2.97. The lowest BCUT2D eigenvalue weighted by molar-refractivity contribution is -0.116. The van der Waals surface area contributed by atoms with E-state index in [0.717, 1.165) is 0 Å². The van der Waals surface area contributed by atoms with Crippen LogP contribution in [0.15, 0.2) is 0 Å². The van der Waals surface area contributed by atoms with Crippen LogP contribution in [0.2, 0.25) is 0 Å². The Hall–Kier alpha value is -1.43. The van der Waals surface area contributed by atoms with E-state index in [2.05, 4.69) is 20.5 Å². The van der Waals surface area contributed by atoms with E-state index in [9.17, 15) is 4.79 Å². The number of hydrogen-bond donors (Lipinski definition) is 3. The first-order valence-electron chi connectivity index (χ1n) is 4.52. The molecular formula is C8H14N4O2. The lowest BCUT2D eigenvalue weighted by Crippen LogP contribution is -2.12. The van der Waals surface area contributed by atoms with Gasteiger partial charge in [-0.05, 0) is 19.8 Å². The average molecular weight is 198 g/mol. The summed E-state index contributed by atoms with van der Waals surface area (Å²) in [5.41, 5.74) is 0. The Bertz CT molecular complexity index is 297. The summed E-state index contributed by atoms with van der Waals surface area (Å²) in [6.07, 6.45) is 1.69. The van der Waals surface area contributed by atoms with Crippen molar-refractivity contribution in [1.82, 2.24) is 15.2 Å². The molecule has 1 amide bonds. The molecule has 0 radical (unpaired) electrons. The molecule has 0 fully saturated rings. The molecule has 0 unspecified atom stereocenters. The fourth-order valence-electron chi connectivity index (χ4n) is 0.983. The Labute approximate surface area is 81.7 Å². The highest BCUT2D eigenvalue weighted by atomic mass is 16.2. The predicted octanol–water partition coefficient (Wildman–Crippen LogP) is 0.214. The number of aliphatic hydroxyl groups excluding tert-OH is 1. The Kier molecular flexibility index (Phi) is 4.06. The van der Waals surface area contributed by atoms with Gasteiger partial charge in [0.25, 0.3) is 0 Å². The molecule has 6 nitrogen and oxygen atoms in total. The van der Waals surface area contributed by atoms with E-state index >= 15 is 0 Å². The van der Waals surface area contributed by atoms with Gasteiger partial charge in [0.15, 0.2) is 0 Å². The van der Waals surface area contributed by atoms with Crippen LogP contribution in [0.5, 0.6) is 0 Å². The molecule has 0 saturated heterocycles. The molecule has 0 bridgehead atoms. The average Bonchev–Trinajstić information content (AvgIpc) is 2.52. The minimum atomic E-state index is -0.127. The number of rotatable bonds is 5. The highest BCUT2D eigenvalue weighted by Gasteiger charge is 2.04. The SMILES string of the molecule is Cc1nc(NC(=O)CCCCO)n[nH]1. The number of unbranched alkanes of at least 4 members (excludes halogenated alkanes) is 1. The highest BCUT2D eigenvalue weighted by molar-refractivity contribution is 5.88. The van der Waals surface area contributed by atoms with E-state index in [1.54, 1.807) is 6.92 Å². The minimum absolute atomic E-state index is 0.118. The summed E-state index contributed by atoms with van der Waals surface area (Å²) in [4.78, 5) is 15.1. The van der Waals surface area contributed by atoms with Crippen molar-refractivity contribution in [3.05, 3.63) is 5.82 Å². The van der Waals surface area contributed by atoms with Crippen molar-refractivity contribution in [3.8, 4) is 0 Å². The van der Waals surface area contributed by atoms with Crippen LogP contribution in [0.25, 0.3) is 0 Å². The molecule has 0 spiro atoms. The van der Waals surface area contributed by atoms with Crippen LogP contribution in [0.1, 0.15) is 25.1 Å². The van der Waals surface area contributed by atoms with E-state index in [0.29, 0.717) is 31.0 Å². The summed E-state index contributed by atoms with van der Waals surface area (Å²) in [6, 6.07) is 0. The van der Waals surface area contributed by atoms with Crippen molar-refractivity contribution in [1.29, 1.82) is 0 Å². The normalized spacial score (nSPS) is 10.1. The molecule has 0 aliphatic carbocycles. The van der Waals surface area contributed by atoms with E-state index in [1.807, 2.05) is 0 Å². The molecule has 0 aliphatic rings. The van der Waals surface area contributed by atoms with Crippen LogP contribution in [-0.2, 0) is 4.79 Å². The number of hydrogen-bond acceptors (Lipinski definition) is 4. The molecule has 1 aromatic heterocycles. The maximum absolute atomic E-state index is 11.2. The highest BCUT2D eigenvalue weighted by Crippen LogP contribution is 2.00. The van der Waals surface area contributed by atoms with Crippen LogP contribution in [0, 0.1) is 6.92 Å². The summed E-state index contributed by atoms with van der Waals surface area (Å²) < 4.78 is 0. The number of aryl methyl sites for hydroxylation is 1. The summed E-state index contributed by atoms with van der Waals surface area (Å²) in [6.45, 7) is 1.88. The summed E-state index contributed by atoms with van der Waals surface area (Å²) in [7, 11) is 0. The zero-order valence-electron chi connectivity index (χ0n) is 8.08. The first-order chi connectivity index (χ1) is 6.72. The van der Waals surface area contributed by atoms with Gasteiger partial charge in [0.1, 0.15) is 5.82 Å². The number of nitrogens with one attached hydrogen (secondary N) is 2. The van der Waals surface area contributed by atoms with E-state index in [-0.39, 0.29) is 12.5 Å². The third kappa shape index (κ3) is 3.53. The van der Waals surface area contributed by atoms with Gasteiger partial charge >= 0.3 is 0 Å². The molecule has 78 valence electrons. The molecule has 0 aliphatic heterocycles. The monoisotopic (exact) mass is 198 g/mol. The fraction of sp³-hybridized carbons (Fsp3) is 0.625. The third-order valence-electron chi connectivity index (χ3n) is 1.66. The van der Waals surface area contributed by atoms with Gasteiger partial charge in [-0.2, -0.15) is 4.98 Å². The summed E-state index contributed by atoms with van der Waals surface area (Å²) >= 11 is 0. The number of carbonyl (C=O) groups excluding carboxylic acids is 1. The Balaban J connectivity index is 2.27. The van der Waals surface area contributed by atoms with Gasteiger partial charge in [0, 0.05) is 13.0 Å². The van der Waals surface area contributed by atoms with Gasteiger partial charge in [-0.25, -0.2) is 0 Å². The van der Waals surface area contributed by atoms with E-state index in [1.165, 1.54) is 0 Å². The zero-order chi connectivity index (χ0) is 10.4. The van der Waals surface area contributed by atoms with Crippen LogP contribution >= 0.6 is 0 Å². The molecule has 1 rings (SSSR count). The topological polar surface area (TPSA) is 90.9 Å². The molecule has 1 aromatic rings. The van der Waals surface area contributed by atoms with Crippen LogP contribution < -0.4 is 5.32 Å². The molecule has 14 heavy (non-hydrogen) atoms. The maximum Gasteiger partial charge on any atom is 0.248 e. The van der Waals surface area contributed by atoms with Gasteiger partial charge in [0.2, 0.25) is 11.9 Å². The quantitative estimate of drug-likeness (QED) is 0.590. The number of nitrogens with zero attached hydrogens (tertiary/aromatic N) is 2. The van der Waals surface area contributed by atoms with Crippen molar-refractivity contribution < 1.29 is 9.90 Å². The molecule has 0 saturated carbocycles. The van der Waals surface area contributed by atoms with Crippen molar-refractivity contribution >= 4 is 11.9 Å². The van der Waals surface area contributed by atoms with Gasteiger partial charge in [-0.3, -0.25) is 15.2 Å². The Morgan fingerprint density at radius 1 is 1.57 bits per heavy atom. The van der Waals surface area contributed by atoms with Crippen LogP contribution in [-0.4, -0.2) is 32.8 Å². The summed E-state index contributed by atoms with van der Waals surface area (Å²) in [5.74, 6) is 0.838. The first kappa shape index (κ1) is 10.6. The minimum Gasteiger partial charge on any atom is -0.396 e. The van der Waals surface area contributed by atoms with Crippen molar-refractivity contribution in [3.63, 3.8) is 0 Å². The standard InChI is InChI=1S/C8H14N4O2/c1-6-9-8(12-11-6)10-7(14)4-2-3-5-13/h13H,2-5H2,1H3,(H2,9,10,11,12,14). The van der Waals surface area contributed by atoms with E-state index in [4.69, 9.17) is 5.11 Å². The summed E-state index contributed by atoms with van der Waals surface area (Å²) in [5, 5.41) is 17.5. The predicted molar refractivity (Wildman–Crippen MR) is 50.7 cm³/mol. The second-order valence-corrected chi connectivity index (χ2v) is 2.97. The van der Waals surface area contributed by atoms with Gasteiger partial charge in [0.05, 0.1) is 0 Å². The number of carbonyl (C=O) groups is 1. The van der Waals surface area contributed by atoms with Gasteiger partial charge < -0.3 is 5.11 Å². The Morgan fingerprint density at radius 3 is 2.93 bits per heavy atom. The van der Waals surface area contributed by atoms with Crippen molar-refractivity contribution in [2.75, 3.05) is 11.9 Å². The second kappa shape index (κ2) is 5.33. The maximum atomic E-state index is 11.2. The number of aromatic amines is 1. The lowest BCUT2D eigenvalue weighted by atomic mass is 10.2. The first-order valence-corrected chi connectivity index (χ1v) is 4.52. The van der Waals surface area contributed by atoms with Gasteiger partial charge in [-0.1, -0.05) is 0 Å². The van der Waals surface area contributed by atoms with Crippen LogP contribution in [0.4, 0.5) is 5.95 Å². The number of anilines is 1. The van der Waals surface area contributed by atoms with Crippen LogP contribution in [0.3, 0.4) is 0 Å². The molecule has 0 atom stereocenters. The van der Waals surface area contributed by atoms with Gasteiger partial charge in [-0.15, -0.1) is 5.10 Å². The smallest absolute Gasteiger partial charge is 0.248 e. The molecule has 3 N–H and O–H groups in total. The number of amides is 1. The van der Waals surface area contributed by atoms with E-state index < -0.39 is 0 Å². The third-order valence-corrected chi connectivity index (χ3v) is 1.66. The molecular weight excluding hydrogens is 184 g/mol. The Morgan fingerprint density at radius 2 is 2.36 bits per heavy atom. The number of H-pyrrole nitrogens is 1. The molecule has 1 heterocycles. The molecule has 0 aromatic carbocycles. The number of aromatic nitrogens is 3. The fourth-order valence-corrected chi connectivity index (χ4v) is 0.983. The number of aliphatic hydroxyl groups is 1. The van der Waals surface area contributed by atoms with Crippen molar-refractivity contribution in [2.24, 2.45) is 0 Å².